The van der Waals surface area contributed by atoms with Crippen LogP contribution in [0.2, 0.25) is 0 Å². The standard InChI is InChI=1S/C17H29NO2S/c1-4-6-7-8-9-10-15(3)18-16-11-13-17(14-12-16)21(19,20)5-2/h11-15,18H,4-10H2,1-3H3. The maximum absolute atomic E-state index is 11.7. The van der Waals surface area contributed by atoms with E-state index >= 15 is 0 Å². The molecule has 0 saturated heterocycles. The molecule has 0 spiro atoms. The molecule has 21 heavy (non-hydrogen) atoms. The normalized spacial score (nSPS) is 13.1. The largest absolute Gasteiger partial charge is 0.383 e. The van der Waals surface area contributed by atoms with Gasteiger partial charge < -0.3 is 5.32 Å². The lowest BCUT2D eigenvalue weighted by Crippen LogP contribution is -2.15. The molecular weight excluding hydrogens is 282 g/mol. The predicted octanol–water partition coefficient (Wildman–Crippen LogP) is 4.64. The Balaban J connectivity index is 2.41. The van der Waals surface area contributed by atoms with Crippen LogP contribution in [0.4, 0.5) is 5.69 Å². The highest BCUT2D eigenvalue weighted by molar-refractivity contribution is 7.91. The Hall–Kier alpha value is -1.03. The predicted molar refractivity (Wildman–Crippen MR) is 90.6 cm³/mol. The van der Waals surface area contributed by atoms with Gasteiger partial charge in [0, 0.05) is 11.7 Å². The van der Waals surface area contributed by atoms with Crippen LogP contribution in [-0.4, -0.2) is 20.2 Å². The number of nitrogens with one attached hydrogen (secondary N) is 1. The maximum atomic E-state index is 11.7. The van der Waals surface area contributed by atoms with Gasteiger partial charge in [-0.1, -0.05) is 46.0 Å². The van der Waals surface area contributed by atoms with Crippen molar-refractivity contribution in [3.8, 4) is 0 Å². The van der Waals surface area contributed by atoms with E-state index in [0.717, 1.165) is 12.1 Å². The lowest BCUT2D eigenvalue weighted by atomic mass is 10.1. The van der Waals surface area contributed by atoms with Gasteiger partial charge in [-0.05, 0) is 37.6 Å². The molecule has 0 bridgehead atoms. The molecule has 0 radical (unpaired) electrons. The molecule has 0 fully saturated rings. The fourth-order valence-electron chi connectivity index (χ4n) is 2.34. The first-order valence-electron chi connectivity index (χ1n) is 8.09. The Morgan fingerprint density at radius 3 is 2.19 bits per heavy atom. The van der Waals surface area contributed by atoms with Crippen molar-refractivity contribution in [3.05, 3.63) is 24.3 Å². The van der Waals surface area contributed by atoms with Crippen LogP contribution >= 0.6 is 0 Å². The van der Waals surface area contributed by atoms with E-state index in [4.69, 9.17) is 0 Å². The van der Waals surface area contributed by atoms with E-state index in [0.29, 0.717) is 10.9 Å². The molecular formula is C17H29NO2S. The first kappa shape index (κ1) is 18.0. The van der Waals surface area contributed by atoms with Crippen molar-refractivity contribution in [3.63, 3.8) is 0 Å². The average molecular weight is 311 g/mol. The van der Waals surface area contributed by atoms with Crippen molar-refractivity contribution in [2.45, 2.75) is 70.2 Å². The zero-order valence-corrected chi connectivity index (χ0v) is 14.4. The molecule has 1 aromatic rings. The van der Waals surface area contributed by atoms with Crippen molar-refractivity contribution >= 4 is 15.5 Å². The van der Waals surface area contributed by atoms with Crippen molar-refractivity contribution < 1.29 is 8.42 Å². The minimum atomic E-state index is -3.09. The van der Waals surface area contributed by atoms with Crippen molar-refractivity contribution in [1.82, 2.24) is 0 Å². The van der Waals surface area contributed by atoms with E-state index in [-0.39, 0.29) is 5.75 Å². The van der Waals surface area contributed by atoms with Gasteiger partial charge in [-0.25, -0.2) is 8.42 Å². The van der Waals surface area contributed by atoms with E-state index in [9.17, 15) is 8.42 Å². The molecule has 0 aliphatic rings. The number of rotatable bonds is 10. The summed E-state index contributed by atoms with van der Waals surface area (Å²) < 4.78 is 23.5. The number of sulfone groups is 1. The molecule has 1 N–H and O–H groups in total. The molecule has 0 aliphatic heterocycles. The molecule has 0 aromatic heterocycles. The van der Waals surface area contributed by atoms with E-state index in [1.807, 2.05) is 12.1 Å². The molecule has 1 aromatic carbocycles. The third-order valence-corrected chi connectivity index (χ3v) is 5.50. The molecule has 120 valence electrons. The quantitative estimate of drug-likeness (QED) is 0.640. The molecule has 1 atom stereocenters. The van der Waals surface area contributed by atoms with Crippen LogP contribution in [0.1, 0.15) is 59.3 Å². The highest BCUT2D eigenvalue weighted by Gasteiger charge is 2.11. The van der Waals surface area contributed by atoms with Gasteiger partial charge in [-0.2, -0.15) is 0 Å². The van der Waals surface area contributed by atoms with E-state index in [1.54, 1.807) is 19.1 Å². The van der Waals surface area contributed by atoms with Gasteiger partial charge >= 0.3 is 0 Å². The van der Waals surface area contributed by atoms with Crippen LogP contribution in [0.3, 0.4) is 0 Å². The summed E-state index contributed by atoms with van der Waals surface area (Å²) in [6.45, 7) is 6.07. The summed E-state index contributed by atoms with van der Waals surface area (Å²) in [6.07, 6.45) is 7.63. The van der Waals surface area contributed by atoms with Gasteiger partial charge in [0.1, 0.15) is 0 Å². The zero-order valence-electron chi connectivity index (χ0n) is 13.6. The fourth-order valence-corrected chi connectivity index (χ4v) is 3.22. The molecule has 4 heteroatoms. The Bertz CT molecular complexity index is 494. The number of hydrogen-bond acceptors (Lipinski definition) is 3. The third kappa shape index (κ3) is 6.51. The first-order valence-corrected chi connectivity index (χ1v) is 9.74. The van der Waals surface area contributed by atoms with Gasteiger partial charge in [-0.15, -0.1) is 0 Å². The summed E-state index contributed by atoms with van der Waals surface area (Å²) in [5.74, 6) is 0.147. The molecule has 0 aliphatic carbocycles. The Labute approximate surface area is 130 Å². The third-order valence-electron chi connectivity index (χ3n) is 3.75. The van der Waals surface area contributed by atoms with Crippen LogP contribution in [0.15, 0.2) is 29.2 Å². The minimum absolute atomic E-state index is 0.147. The van der Waals surface area contributed by atoms with Crippen molar-refractivity contribution in [2.75, 3.05) is 11.1 Å². The van der Waals surface area contributed by atoms with Crippen molar-refractivity contribution in [2.24, 2.45) is 0 Å². The SMILES string of the molecule is CCCCCCCC(C)Nc1ccc(S(=O)(=O)CC)cc1. The summed E-state index contributed by atoms with van der Waals surface area (Å²) in [5.41, 5.74) is 0.992. The average Bonchev–Trinajstić information content (AvgIpc) is 2.47. The van der Waals surface area contributed by atoms with Gasteiger partial charge in [0.2, 0.25) is 0 Å². The van der Waals surface area contributed by atoms with Crippen molar-refractivity contribution in [1.29, 1.82) is 0 Å². The Morgan fingerprint density at radius 1 is 1.00 bits per heavy atom. The fraction of sp³-hybridized carbons (Fsp3) is 0.647. The summed E-state index contributed by atoms with van der Waals surface area (Å²) in [6, 6.07) is 7.51. The van der Waals surface area contributed by atoms with E-state index < -0.39 is 9.84 Å². The molecule has 0 heterocycles. The summed E-state index contributed by atoms with van der Waals surface area (Å²) in [4.78, 5) is 0.405. The Morgan fingerprint density at radius 2 is 1.62 bits per heavy atom. The van der Waals surface area contributed by atoms with Gasteiger partial charge in [0.15, 0.2) is 9.84 Å². The zero-order chi connectivity index (χ0) is 15.7. The van der Waals surface area contributed by atoms with Crippen LogP contribution in [-0.2, 0) is 9.84 Å². The highest BCUT2D eigenvalue weighted by atomic mass is 32.2. The number of anilines is 1. The van der Waals surface area contributed by atoms with Gasteiger partial charge in [0.25, 0.3) is 0 Å². The monoisotopic (exact) mass is 311 g/mol. The van der Waals surface area contributed by atoms with Gasteiger partial charge in [-0.3, -0.25) is 0 Å². The number of hydrogen-bond donors (Lipinski definition) is 1. The minimum Gasteiger partial charge on any atom is -0.383 e. The van der Waals surface area contributed by atoms with Crippen LogP contribution in [0.25, 0.3) is 0 Å². The lowest BCUT2D eigenvalue weighted by Gasteiger charge is -2.15. The molecule has 3 nitrogen and oxygen atoms in total. The Kier molecular flexibility index (Phi) is 7.79. The van der Waals surface area contributed by atoms with Crippen LogP contribution < -0.4 is 5.32 Å². The summed E-state index contributed by atoms with van der Waals surface area (Å²) in [7, 11) is -3.09. The molecule has 1 rings (SSSR count). The molecule has 0 saturated carbocycles. The topological polar surface area (TPSA) is 46.2 Å². The first-order chi connectivity index (χ1) is 9.99. The van der Waals surface area contributed by atoms with E-state index in [2.05, 4.69) is 19.2 Å². The smallest absolute Gasteiger partial charge is 0.178 e. The molecule has 0 amide bonds. The summed E-state index contributed by atoms with van der Waals surface area (Å²) in [5, 5.41) is 3.43. The van der Waals surface area contributed by atoms with Gasteiger partial charge in [0.05, 0.1) is 10.6 Å². The van der Waals surface area contributed by atoms with E-state index in [1.165, 1.54) is 32.1 Å². The molecule has 1 unspecified atom stereocenters. The summed E-state index contributed by atoms with van der Waals surface area (Å²) >= 11 is 0. The second kappa shape index (κ2) is 9.08. The maximum Gasteiger partial charge on any atom is 0.178 e. The number of unbranched alkanes of at least 4 members (excludes halogenated alkanes) is 4. The number of benzene rings is 1. The highest BCUT2D eigenvalue weighted by Crippen LogP contribution is 2.17. The lowest BCUT2D eigenvalue weighted by molar-refractivity contribution is 0.578. The second-order valence-electron chi connectivity index (χ2n) is 5.68. The van der Waals surface area contributed by atoms with Crippen LogP contribution in [0.5, 0.6) is 0 Å². The van der Waals surface area contributed by atoms with Crippen LogP contribution in [0, 0.1) is 0 Å². The second-order valence-corrected chi connectivity index (χ2v) is 7.95.